The average molecular weight is 202 g/mol. The average Bonchev–Trinajstić information content (AvgIpc) is 2.63. The number of hydrogen-bond donors (Lipinski definition) is 1. The molecule has 1 N–H and O–H groups in total. The summed E-state index contributed by atoms with van der Waals surface area (Å²) in [5.41, 5.74) is 0. The van der Waals surface area contributed by atoms with E-state index in [1.807, 2.05) is 11.8 Å². The Kier molecular flexibility index (Phi) is 6.02. The molecule has 0 amide bonds. The summed E-state index contributed by atoms with van der Waals surface area (Å²) in [6.07, 6.45) is 2.18. The van der Waals surface area contributed by atoms with Gasteiger partial charge in [0.05, 0.1) is 6.54 Å². The Balaban J connectivity index is 1.83. The van der Waals surface area contributed by atoms with Crippen LogP contribution in [0.1, 0.15) is 19.8 Å². The van der Waals surface area contributed by atoms with Gasteiger partial charge in [-0.2, -0.15) is 0 Å². The highest BCUT2D eigenvalue weighted by atomic mass is 32.2. The molecule has 1 heterocycles. The number of hydrogen-bond acceptors (Lipinski definition) is 4. The van der Waals surface area contributed by atoms with Gasteiger partial charge in [0.1, 0.15) is 0 Å². The summed E-state index contributed by atoms with van der Waals surface area (Å²) in [7, 11) is 0. The Morgan fingerprint density at radius 1 is 1.54 bits per heavy atom. The molecule has 13 heavy (non-hydrogen) atoms. The number of aliphatic imine (C=N–C) groups is 1. The molecule has 3 nitrogen and oxygen atoms in total. The predicted octanol–water partition coefficient (Wildman–Crippen LogP) is 1.50. The molecule has 0 unspecified atom stereocenters. The summed E-state index contributed by atoms with van der Waals surface area (Å²) in [5, 5.41) is 4.40. The molecule has 0 aromatic heterocycles. The number of nitrogens with zero attached hydrogens (tertiary/aromatic N) is 1. The molecule has 1 rings (SSSR count). The van der Waals surface area contributed by atoms with Crippen LogP contribution in [0.25, 0.3) is 0 Å². The fourth-order valence-corrected chi connectivity index (χ4v) is 1.82. The SMILES string of the molecule is CCCOCCCNC1=NCCS1. The molecule has 76 valence electrons. The van der Waals surface area contributed by atoms with Gasteiger partial charge in [0.2, 0.25) is 0 Å². The third kappa shape index (κ3) is 5.16. The van der Waals surface area contributed by atoms with Gasteiger partial charge in [-0.3, -0.25) is 4.99 Å². The van der Waals surface area contributed by atoms with Crippen molar-refractivity contribution in [1.29, 1.82) is 0 Å². The van der Waals surface area contributed by atoms with Crippen LogP contribution >= 0.6 is 11.8 Å². The van der Waals surface area contributed by atoms with Gasteiger partial charge in [-0.1, -0.05) is 18.7 Å². The first kappa shape index (κ1) is 10.9. The molecule has 0 saturated carbocycles. The lowest BCUT2D eigenvalue weighted by atomic mass is 10.4. The zero-order valence-electron chi connectivity index (χ0n) is 8.21. The van der Waals surface area contributed by atoms with Crippen molar-refractivity contribution in [3.8, 4) is 0 Å². The standard InChI is InChI=1S/C9H18N2OS/c1-2-6-12-7-3-4-10-9-11-5-8-13-9/h2-8H2,1H3,(H,10,11). The highest BCUT2D eigenvalue weighted by Crippen LogP contribution is 2.08. The van der Waals surface area contributed by atoms with Crippen LogP contribution in [0.15, 0.2) is 4.99 Å². The van der Waals surface area contributed by atoms with Crippen LogP contribution in [0.3, 0.4) is 0 Å². The molecule has 0 aliphatic carbocycles. The Labute approximate surface area is 84.3 Å². The van der Waals surface area contributed by atoms with E-state index in [1.54, 1.807) is 0 Å². The summed E-state index contributed by atoms with van der Waals surface area (Å²) < 4.78 is 5.36. The van der Waals surface area contributed by atoms with E-state index in [1.165, 1.54) is 0 Å². The quantitative estimate of drug-likeness (QED) is 0.663. The first-order valence-electron chi connectivity index (χ1n) is 4.92. The zero-order chi connectivity index (χ0) is 9.36. The van der Waals surface area contributed by atoms with Gasteiger partial charge in [0, 0.05) is 25.5 Å². The van der Waals surface area contributed by atoms with Crippen molar-refractivity contribution in [3.05, 3.63) is 0 Å². The number of rotatable bonds is 6. The Morgan fingerprint density at radius 2 is 2.46 bits per heavy atom. The molecule has 4 heteroatoms. The first-order chi connectivity index (χ1) is 6.43. The fourth-order valence-electron chi connectivity index (χ4n) is 1.06. The van der Waals surface area contributed by atoms with Gasteiger partial charge in [-0.05, 0) is 12.8 Å². The van der Waals surface area contributed by atoms with Crippen molar-refractivity contribution in [2.75, 3.05) is 32.1 Å². The highest BCUT2D eigenvalue weighted by Gasteiger charge is 2.04. The number of nitrogens with one attached hydrogen (secondary N) is 1. The minimum atomic E-state index is 0.860. The van der Waals surface area contributed by atoms with E-state index in [0.717, 1.165) is 50.1 Å². The van der Waals surface area contributed by atoms with E-state index in [0.29, 0.717) is 0 Å². The molecular weight excluding hydrogens is 184 g/mol. The largest absolute Gasteiger partial charge is 0.381 e. The Morgan fingerprint density at radius 3 is 3.15 bits per heavy atom. The van der Waals surface area contributed by atoms with Crippen molar-refractivity contribution in [2.45, 2.75) is 19.8 Å². The summed E-state index contributed by atoms with van der Waals surface area (Å²) in [6.45, 7) is 5.82. The lowest BCUT2D eigenvalue weighted by Crippen LogP contribution is -2.21. The van der Waals surface area contributed by atoms with Crippen LogP contribution in [-0.4, -0.2) is 37.2 Å². The lowest BCUT2D eigenvalue weighted by molar-refractivity contribution is 0.133. The minimum absolute atomic E-state index is 0.860. The second kappa shape index (κ2) is 7.21. The Hall–Kier alpha value is -0.220. The fraction of sp³-hybridized carbons (Fsp3) is 0.889. The summed E-state index contributed by atoms with van der Waals surface area (Å²) in [4.78, 5) is 4.30. The number of ether oxygens (including phenoxy) is 1. The summed E-state index contributed by atoms with van der Waals surface area (Å²) in [6, 6.07) is 0. The van der Waals surface area contributed by atoms with E-state index in [4.69, 9.17) is 4.74 Å². The number of thioether (sulfide) groups is 1. The molecule has 1 aliphatic heterocycles. The second-order valence-electron chi connectivity index (χ2n) is 2.93. The van der Waals surface area contributed by atoms with Crippen LogP contribution in [0.2, 0.25) is 0 Å². The second-order valence-corrected chi connectivity index (χ2v) is 4.01. The molecule has 0 radical (unpaired) electrons. The smallest absolute Gasteiger partial charge is 0.156 e. The van der Waals surface area contributed by atoms with Gasteiger partial charge in [-0.15, -0.1) is 0 Å². The van der Waals surface area contributed by atoms with Crippen LogP contribution in [-0.2, 0) is 4.74 Å². The molecule has 0 atom stereocenters. The van der Waals surface area contributed by atoms with Crippen molar-refractivity contribution in [1.82, 2.24) is 5.32 Å². The molecular formula is C9H18N2OS. The lowest BCUT2D eigenvalue weighted by Gasteiger charge is -2.04. The van der Waals surface area contributed by atoms with Crippen LogP contribution < -0.4 is 5.32 Å². The van der Waals surface area contributed by atoms with Crippen molar-refractivity contribution >= 4 is 16.9 Å². The Bertz CT molecular complexity index is 162. The topological polar surface area (TPSA) is 33.6 Å². The predicted molar refractivity (Wildman–Crippen MR) is 58.5 cm³/mol. The first-order valence-corrected chi connectivity index (χ1v) is 5.91. The molecule has 0 fully saturated rings. The molecule has 1 aliphatic rings. The van der Waals surface area contributed by atoms with Crippen molar-refractivity contribution in [3.63, 3.8) is 0 Å². The molecule has 0 saturated heterocycles. The van der Waals surface area contributed by atoms with E-state index >= 15 is 0 Å². The summed E-state index contributed by atoms with van der Waals surface area (Å²) >= 11 is 1.81. The highest BCUT2D eigenvalue weighted by molar-refractivity contribution is 8.14. The monoisotopic (exact) mass is 202 g/mol. The van der Waals surface area contributed by atoms with Gasteiger partial charge >= 0.3 is 0 Å². The maximum Gasteiger partial charge on any atom is 0.156 e. The maximum absolute atomic E-state index is 5.36. The molecule has 0 spiro atoms. The maximum atomic E-state index is 5.36. The third-order valence-electron chi connectivity index (χ3n) is 1.68. The van der Waals surface area contributed by atoms with E-state index < -0.39 is 0 Å². The van der Waals surface area contributed by atoms with E-state index in [-0.39, 0.29) is 0 Å². The van der Waals surface area contributed by atoms with Gasteiger partial charge in [0.25, 0.3) is 0 Å². The van der Waals surface area contributed by atoms with E-state index in [2.05, 4.69) is 17.2 Å². The minimum Gasteiger partial charge on any atom is -0.381 e. The third-order valence-corrected chi connectivity index (χ3v) is 2.61. The molecule has 0 aromatic rings. The summed E-state index contributed by atoms with van der Waals surface area (Å²) in [5.74, 6) is 1.13. The van der Waals surface area contributed by atoms with Gasteiger partial charge in [-0.25, -0.2) is 0 Å². The normalized spacial score (nSPS) is 15.9. The molecule has 0 aromatic carbocycles. The van der Waals surface area contributed by atoms with Crippen molar-refractivity contribution < 1.29 is 4.74 Å². The molecule has 0 bridgehead atoms. The van der Waals surface area contributed by atoms with Gasteiger partial charge in [0.15, 0.2) is 5.17 Å². The van der Waals surface area contributed by atoms with E-state index in [9.17, 15) is 0 Å². The van der Waals surface area contributed by atoms with Crippen molar-refractivity contribution in [2.24, 2.45) is 4.99 Å². The van der Waals surface area contributed by atoms with Crippen LogP contribution in [0.4, 0.5) is 0 Å². The van der Waals surface area contributed by atoms with Crippen LogP contribution in [0.5, 0.6) is 0 Å². The van der Waals surface area contributed by atoms with Gasteiger partial charge < -0.3 is 10.1 Å². The number of amidine groups is 1. The zero-order valence-corrected chi connectivity index (χ0v) is 9.03. The van der Waals surface area contributed by atoms with Crippen LogP contribution in [0, 0.1) is 0 Å².